The molecule has 0 aliphatic rings. The Kier molecular flexibility index (Phi) is 8.38. The molecule has 8 heteroatoms. The first-order valence-electron chi connectivity index (χ1n) is 8.22. The molecule has 0 spiro atoms. The fraction of sp³-hybridized carbons (Fsp3) is 0.211. The molecule has 0 radical (unpaired) electrons. The van der Waals surface area contributed by atoms with Crippen LogP contribution in [0, 0.1) is 0 Å². The van der Waals surface area contributed by atoms with Gasteiger partial charge in [0.15, 0.2) is 0 Å². The van der Waals surface area contributed by atoms with Crippen LogP contribution in [0.15, 0.2) is 54.6 Å². The molecule has 0 bridgehead atoms. The van der Waals surface area contributed by atoms with Gasteiger partial charge in [0.25, 0.3) is 0 Å². The van der Waals surface area contributed by atoms with Crippen molar-refractivity contribution < 1.29 is 19.5 Å². The molecule has 0 aromatic heterocycles. The van der Waals surface area contributed by atoms with Crippen molar-refractivity contribution in [1.82, 2.24) is 5.32 Å². The van der Waals surface area contributed by atoms with Crippen molar-refractivity contribution in [2.24, 2.45) is 0 Å². The van der Waals surface area contributed by atoms with E-state index in [1.165, 1.54) is 6.92 Å². The standard InChI is InChI=1S/C19H20N2O4SSe/c1-13(22)20-16(19(24)25)11-12-26-27-17-10-6-5-9-15(17)18(23)21-14-7-3-2-4-8-14/h2-10,16H,11-12H2,1H3,(H,20,22)(H,21,23)(H,24,25). The number of rotatable bonds is 9. The van der Waals surface area contributed by atoms with E-state index in [0.717, 1.165) is 10.1 Å². The number of hydrogen-bond donors (Lipinski definition) is 3. The van der Waals surface area contributed by atoms with Gasteiger partial charge in [0.1, 0.15) is 0 Å². The van der Waals surface area contributed by atoms with Gasteiger partial charge in [-0.05, 0) is 0 Å². The van der Waals surface area contributed by atoms with Crippen molar-refractivity contribution in [3.05, 3.63) is 60.2 Å². The van der Waals surface area contributed by atoms with Crippen LogP contribution in [0.4, 0.5) is 5.69 Å². The van der Waals surface area contributed by atoms with Crippen molar-refractivity contribution in [2.75, 3.05) is 11.1 Å². The molecule has 2 amide bonds. The van der Waals surface area contributed by atoms with E-state index in [9.17, 15) is 14.4 Å². The van der Waals surface area contributed by atoms with Crippen LogP contribution in [0.2, 0.25) is 0 Å². The summed E-state index contributed by atoms with van der Waals surface area (Å²) < 4.78 is 0.940. The molecule has 2 rings (SSSR count). The van der Waals surface area contributed by atoms with Crippen molar-refractivity contribution in [3.63, 3.8) is 0 Å². The summed E-state index contributed by atoms with van der Waals surface area (Å²) in [7, 11) is 1.58. The third-order valence-corrected chi connectivity index (χ3v) is 7.85. The first-order chi connectivity index (χ1) is 13.0. The van der Waals surface area contributed by atoms with Crippen LogP contribution < -0.4 is 15.1 Å². The number of aliphatic carboxylic acids is 1. The second kappa shape index (κ2) is 10.8. The molecular formula is C19H20N2O4SSe. The van der Waals surface area contributed by atoms with E-state index in [1.54, 1.807) is 16.2 Å². The van der Waals surface area contributed by atoms with Crippen LogP contribution in [0.25, 0.3) is 0 Å². The number of anilines is 1. The first kappa shape index (κ1) is 21.0. The zero-order valence-electron chi connectivity index (χ0n) is 14.7. The summed E-state index contributed by atoms with van der Waals surface area (Å²) in [4.78, 5) is 34.8. The molecule has 0 saturated heterocycles. The van der Waals surface area contributed by atoms with Gasteiger partial charge in [-0.25, -0.2) is 0 Å². The predicted molar refractivity (Wildman–Crippen MR) is 109 cm³/mol. The fourth-order valence-electron chi connectivity index (χ4n) is 2.22. The van der Waals surface area contributed by atoms with Gasteiger partial charge < -0.3 is 0 Å². The Bertz CT molecular complexity index is 801. The second-order valence-electron chi connectivity index (χ2n) is 5.60. The van der Waals surface area contributed by atoms with Gasteiger partial charge in [0, 0.05) is 0 Å². The SMILES string of the molecule is CC(=O)NC(CCS[Se]c1ccccc1C(=O)Nc1ccccc1)C(=O)O. The molecule has 0 aliphatic heterocycles. The molecule has 1 atom stereocenters. The molecule has 0 aliphatic carbocycles. The number of carbonyl (C=O) groups is 3. The van der Waals surface area contributed by atoms with E-state index in [1.807, 2.05) is 48.5 Å². The van der Waals surface area contributed by atoms with Gasteiger partial charge in [0.2, 0.25) is 0 Å². The van der Waals surface area contributed by atoms with Crippen molar-refractivity contribution in [2.45, 2.75) is 19.4 Å². The van der Waals surface area contributed by atoms with Crippen molar-refractivity contribution >= 4 is 51.9 Å². The molecule has 0 heterocycles. The summed E-state index contributed by atoms with van der Waals surface area (Å²) in [6, 6.07) is 15.8. The third kappa shape index (κ3) is 7.09. The van der Waals surface area contributed by atoms with E-state index in [0.29, 0.717) is 17.7 Å². The molecule has 0 fully saturated rings. The average molecular weight is 451 g/mol. The monoisotopic (exact) mass is 452 g/mol. The topological polar surface area (TPSA) is 95.5 Å². The Balaban J connectivity index is 1.92. The minimum atomic E-state index is -1.04. The van der Waals surface area contributed by atoms with Gasteiger partial charge in [-0.1, -0.05) is 0 Å². The number of para-hydroxylation sites is 1. The molecule has 1 unspecified atom stereocenters. The maximum atomic E-state index is 12.6. The number of carboxylic acid groups (broad SMARTS) is 1. The fourth-order valence-corrected chi connectivity index (χ4v) is 6.25. The molecule has 6 nitrogen and oxygen atoms in total. The molecule has 0 saturated carbocycles. The summed E-state index contributed by atoms with van der Waals surface area (Å²) in [5.41, 5.74) is 1.35. The van der Waals surface area contributed by atoms with E-state index in [4.69, 9.17) is 5.11 Å². The third-order valence-electron chi connectivity index (χ3n) is 3.48. The van der Waals surface area contributed by atoms with Crippen LogP contribution in [0.5, 0.6) is 0 Å². The number of carbonyl (C=O) groups excluding carboxylic acids is 2. The maximum absolute atomic E-state index is 12.6. The van der Waals surface area contributed by atoms with Crippen LogP contribution in [0.3, 0.4) is 0 Å². The van der Waals surface area contributed by atoms with Gasteiger partial charge >= 0.3 is 167 Å². The quantitative estimate of drug-likeness (QED) is 0.400. The second-order valence-corrected chi connectivity index (χ2v) is 9.87. The van der Waals surface area contributed by atoms with Crippen LogP contribution in [0.1, 0.15) is 23.7 Å². The van der Waals surface area contributed by atoms with E-state index in [2.05, 4.69) is 10.6 Å². The first-order valence-corrected chi connectivity index (χ1v) is 12.1. The minimum absolute atomic E-state index is 0.0517. The van der Waals surface area contributed by atoms with Gasteiger partial charge in [-0.3, -0.25) is 0 Å². The van der Waals surface area contributed by atoms with E-state index in [-0.39, 0.29) is 25.7 Å². The molecule has 27 heavy (non-hydrogen) atoms. The zero-order chi connectivity index (χ0) is 19.6. The van der Waals surface area contributed by atoms with E-state index >= 15 is 0 Å². The van der Waals surface area contributed by atoms with Gasteiger partial charge in [-0.15, -0.1) is 0 Å². The Morgan fingerprint density at radius 2 is 1.74 bits per heavy atom. The van der Waals surface area contributed by atoms with Crippen LogP contribution >= 0.6 is 10.2 Å². The normalized spacial score (nSPS) is 11.4. The zero-order valence-corrected chi connectivity index (χ0v) is 17.2. The van der Waals surface area contributed by atoms with Crippen molar-refractivity contribution in [1.29, 1.82) is 0 Å². The summed E-state index contributed by atoms with van der Waals surface area (Å²) >= 11 is -0.0517. The number of carboxylic acids is 1. The molecule has 3 N–H and O–H groups in total. The number of amides is 2. The molecule has 2 aromatic carbocycles. The predicted octanol–water partition coefficient (Wildman–Crippen LogP) is 1.90. The summed E-state index contributed by atoms with van der Waals surface area (Å²) in [6.45, 7) is 1.30. The Morgan fingerprint density at radius 3 is 2.41 bits per heavy atom. The van der Waals surface area contributed by atoms with Crippen LogP contribution in [-0.2, 0) is 9.59 Å². The van der Waals surface area contributed by atoms with Crippen LogP contribution in [-0.4, -0.2) is 48.5 Å². The van der Waals surface area contributed by atoms with Crippen molar-refractivity contribution in [3.8, 4) is 0 Å². The summed E-state index contributed by atoms with van der Waals surface area (Å²) in [6.07, 6.45) is 0.333. The number of nitrogens with one attached hydrogen (secondary N) is 2. The summed E-state index contributed by atoms with van der Waals surface area (Å²) in [5, 5.41) is 14.4. The molecular weight excluding hydrogens is 431 g/mol. The Hall–Kier alpha value is -2.28. The number of benzene rings is 2. The Morgan fingerprint density at radius 1 is 1.07 bits per heavy atom. The Labute approximate surface area is 167 Å². The average Bonchev–Trinajstić information content (AvgIpc) is 2.65. The summed E-state index contributed by atoms with van der Waals surface area (Å²) in [5.74, 6) is -0.992. The molecule has 142 valence electrons. The molecule has 2 aromatic rings. The number of hydrogen-bond acceptors (Lipinski definition) is 4. The van der Waals surface area contributed by atoms with Gasteiger partial charge in [0.05, 0.1) is 0 Å². The van der Waals surface area contributed by atoms with E-state index < -0.39 is 12.0 Å². The van der Waals surface area contributed by atoms with Gasteiger partial charge in [-0.2, -0.15) is 0 Å².